The molecule has 0 saturated heterocycles. The van der Waals surface area contributed by atoms with Crippen molar-refractivity contribution in [3.63, 3.8) is 0 Å². The van der Waals surface area contributed by atoms with Crippen LogP contribution in [0.4, 0.5) is 0 Å². The van der Waals surface area contributed by atoms with Crippen LogP contribution in [0.1, 0.15) is 5.56 Å². The number of nitrogens with zero attached hydrogens (tertiary/aromatic N) is 3. The zero-order chi connectivity index (χ0) is 17.2. The molecule has 0 spiro atoms. The molecule has 124 valence electrons. The first-order valence-electron chi connectivity index (χ1n) is 7.79. The molecular formula is C19H15N3O3. The Morgan fingerprint density at radius 1 is 1.08 bits per heavy atom. The van der Waals surface area contributed by atoms with Crippen molar-refractivity contribution in [1.29, 1.82) is 0 Å². The minimum atomic E-state index is -0.501. The molecule has 2 aromatic heterocycles. The largest absolute Gasteiger partial charge is 0.496 e. The summed E-state index contributed by atoms with van der Waals surface area (Å²) in [6.07, 6.45) is 3.38. The van der Waals surface area contributed by atoms with Crippen molar-refractivity contribution in [3.8, 4) is 17.2 Å². The fourth-order valence-electron chi connectivity index (χ4n) is 2.82. The standard InChI is InChI=1S/C19H15N3O3/c1-24-17-9-8-16(14-6-2-3-7-15(14)17)18-21-22(19(23)25-18)12-13-5-4-10-20-11-13/h2-11H,12H2,1H3. The molecule has 4 rings (SSSR count). The van der Waals surface area contributed by atoms with E-state index in [-0.39, 0.29) is 5.89 Å². The number of pyridine rings is 1. The van der Waals surface area contributed by atoms with Crippen molar-refractivity contribution in [2.75, 3.05) is 7.11 Å². The molecule has 0 N–H and O–H groups in total. The van der Waals surface area contributed by atoms with Crippen molar-refractivity contribution in [3.05, 3.63) is 77.0 Å². The number of methoxy groups -OCH3 is 1. The fourth-order valence-corrected chi connectivity index (χ4v) is 2.82. The van der Waals surface area contributed by atoms with Gasteiger partial charge in [0.2, 0.25) is 5.89 Å². The molecule has 0 saturated carbocycles. The highest BCUT2D eigenvalue weighted by Crippen LogP contribution is 2.33. The molecule has 0 atom stereocenters. The molecular weight excluding hydrogens is 318 g/mol. The van der Waals surface area contributed by atoms with Gasteiger partial charge in [-0.25, -0.2) is 4.79 Å². The van der Waals surface area contributed by atoms with Gasteiger partial charge < -0.3 is 9.15 Å². The smallest absolute Gasteiger partial charge is 0.437 e. The van der Waals surface area contributed by atoms with E-state index in [9.17, 15) is 4.79 Å². The summed E-state index contributed by atoms with van der Waals surface area (Å²) in [4.78, 5) is 16.2. The Labute approximate surface area is 143 Å². The third-order valence-electron chi connectivity index (χ3n) is 4.00. The second kappa shape index (κ2) is 6.24. The van der Waals surface area contributed by atoms with Crippen LogP contribution in [-0.4, -0.2) is 21.9 Å². The summed E-state index contributed by atoms with van der Waals surface area (Å²) >= 11 is 0. The van der Waals surface area contributed by atoms with Gasteiger partial charge in [-0.05, 0) is 29.1 Å². The summed E-state index contributed by atoms with van der Waals surface area (Å²) in [5, 5.41) is 6.20. The molecule has 6 nitrogen and oxygen atoms in total. The van der Waals surface area contributed by atoms with Crippen molar-refractivity contribution in [2.45, 2.75) is 6.54 Å². The first-order chi connectivity index (χ1) is 12.3. The molecule has 0 amide bonds. The number of rotatable bonds is 4. The highest BCUT2D eigenvalue weighted by Gasteiger charge is 2.15. The SMILES string of the molecule is COc1ccc(-c2nn(Cc3cccnc3)c(=O)o2)c2ccccc12. The first-order valence-corrected chi connectivity index (χ1v) is 7.79. The Morgan fingerprint density at radius 3 is 2.68 bits per heavy atom. The van der Waals surface area contributed by atoms with Crippen LogP contribution in [0, 0.1) is 0 Å². The maximum atomic E-state index is 12.2. The van der Waals surface area contributed by atoms with E-state index >= 15 is 0 Å². The summed E-state index contributed by atoms with van der Waals surface area (Å²) in [6.45, 7) is 0.310. The Morgan fingerprint density at radius 2 is 1.92 bits per heavy atom. The predicted octanol–water partition coefficient (Wildman–Crippen LogP) is 3.11. The first kappa shape index (κ1) is 15.1. The van der Waals surface area contributed by atoms with Crippen LogP contribution in [0.3, 0.4) is 0 Å². The summed E-state index contributed by atoms with van der Waals surface area (Å²) in [5.41, 5.74) is 1.63. The van der Waals surface area contributed by atoms with E-state index in [1.807, 2.05) is 48.5 Å². The van der Waals surface area contributed by atoms with E-state index in [1.165, 1.54) is 4.68 Å². The van der Waals surface area contributed by atoms with Gasteiger partial charge in [-0.2, -0.15) is 4.68 Å². The van der Waals surface area contributed by atoms with E-state index in [0.717, 1.165) is 27.6 Å². The molecule has 0 aliphatic heterocycles. The van der Waals surface area contributed by atoms with Gasteiger partial charge in [0.05, 0.1) is 13.7 Å². The van der Waals surface area contributed by atoms with Gasteiger partial charge in [0.25, 0.3) is 0 Å². The quantitative estimate of drug-likeness (QED) is 0.574. The Bertz CT molecular complexity index is 1080. The third-order valence-corrected chi connectivity index (χ3v) is 4.00. The Balaban J connectivity index is 1.80. The van der Waals surface area contributed by atoms with E-state index in [1.54, 1.807) is 19.5 Å². The summed E-state index contributed by atoms with van der Waals surface area (Å²) in [7, 11) is 1.63. The van der Waals surface area contributed by atoms with E-state index in [4.69, 9.17) is 9.15 Å². The van der Waals surface area contributed by atoms with Crippen molar-refractivity contribution in [1.82, 2.24) is 14.8 Å². The average Bonchev–Trinajstić information content (AvgIpc) is 3.02. The van der Waals surface area contributed by atoms with Gasteiger partial charge >= 0.3 is 5.76 Å². The highest BCUT2D eigenvalue weighted by atomic mass is 16.5. The lowest BCUT2D eigenvalue weighted by Gasteiger charge is -2.07. The monoisotopic (exact) mass is 333 g/mol. The number of fused-ring (bicyclic) bond motifs is 1. The van der Waals surface area contributed by atoms with Gasteiger partial charge in [0, 0.05) is 23.3 Å². The molecule has 0 fully saturated rings. The zero-order valence-electron chi connectivity index (χ0n) is 13.5. The van der Waals surface area contributed by atoms with E-state index in [0.29, 0.717) is 6.54 Å². The molecule has 25 heavy (non-hydrogen) atoms. The fraction of sp³-hybridized carbons (Fsp3) is 0.105. The average molecular weight is 333 g/mol. The number of hydrogen-bond acceptors (Lipinski definition) is 5. The summed E-state index contributed by atoms with van der Waals surface area (Å²) in [5.74, 6) is 0.544. The number of ether oxygens (including phenoxy) is 1. The van der Waals surface area contributed by atoms with Gasteiger partial charge in [0.1, 0.15) is 5.75 Å². The van der Waals surface area contributed by atoms with E-state index < -0.39 is 5.76 Å². The molecule has 2 aromatic carbocycles. The van der Waals surface area contributed by atoms with Crippen LogP contribution in [0.5, 0.6) is 5.75 Å². The lowest BCUT2D eigenvalue weighted by atomic mass is 10.0. The number of benzene rings is 2. The molecule has 6 heteroatoms. The van der Waals surface area contributed by atoms with Crippen LogP contribution in [0.2, 0.25) is 0 Å². The molecule has 0 unspecified atom stereocenters. The van der Waals surface area contributed by atoms with Gasteiger partial charge in [-0.3, -0.25) is 4.98 Å². The maximum absolute atomic E-state index is 12.2. The van der Waals surface area contributed by atoms with Crippen LogP contribution in [0.15, 0.2) is 70.1 Å². The second-order valence-electron chi connectivity index (χ2n) is 5.55. The summed E-state index contributed by atoms with van der Waals surface area (Å²) in [6, 6.07) is 15.2. The predicted molar refractivity (Wildman–Crippen MR) is 93.6 cm³/mol. The van der Waals surface area contributed by atoms with E-state index in [2.05, 4.69) is 10.1 Å². The van der Waals surface area contributed by atoms with Gasteiger partial charge in [-0.1, -0.05) is 30.3 Å². The maximum Gasteiger partial charge on any atom is 0.437 e. The topological polar surface area (TPSA) is 70.2 Å². The van der Waals surface area contributed by atoms with Crippen molar-refractivity contribution >= 4 is 10.8 Å². The number of aromatic nitrogens is 3. The van der Waals surface area contributed by atoms with Crippen LogP contribution < -0.4 is 10.5 Å². The molecule has 0 radical (unpaired) electrons. The van der Waals surface area contributed by atoms with Crippen molar-refractivity contribution < 1.29 is 9.15 Å². The minimum absolute atomic E-state index is 0.285. The zero-order valence-corrected chi connectivity index (χ0v) is 13.5. The van der Waals surface area contributed by atoms with Crippen molar-refractivity contribution in [2.24, 2.45) is 0 Å². The third kappa shape index (κ3) is 2.78. The van der Waals surface area contributed by atoms with Gasteiger partial charge in [-0.15, -0.1) is 5.10 Å². The molecule has 0 bridgehead atoms. The Hall–Kier alpha value is -3.41. The van der Waals surface area contributed by atoms with Crippen LogP contribution in [-0.2, 0) is 6.54 Å². The van der Waals surface area contributed by atoms with Crippen LogP contribution >= 0.6 is 0 Å². The van der Waals surface area contributed by atoms with Crippen LogP contribution in [0.25, 0.3) is 22.2 Å². The second-order valence-corrected chi connectivity index (χ2v) is 5.55. The number of hydrogen-bond donors (Lipinski definition) is 0. The Kier molecular flexibility index (Phi) is 3.78. The highest BCUT2D eigenvalue weighted by molar-refractivity contribution is 5.98. The lowest BCUT2D eigenvalue weighted by Crippen LogP contribution is -2.16. The summed E-state index contributed by atoms with van der Waals surface area (Å²) < 4.78 is 12.1. The molecule has 4 aromatic rings. The van der Waals surface area contributed by atoms with Gasteiger partial charge in [0.15, 0.2) is 0 Å². The molecule has 2 heterocycles. The normalized spacial score (nSPS) is 10.9. The molecule has 0 aliphatic carbocycles. The minimum Gasteiger partial charge on any atom is -0.496 e. The molecule has 0 aliphatic rings. The lowest BCUT2D eigenvalue weighted by molar-refractivity contribution is 0.420.